The standard InChI is InChI=1S/C13H12BClO2S/c1-2-9-3-4-13(18-9)10-6-11-8(5-12(10)15)7-17-14(11)16/h3-6,16H,2,7H2,1H3. The number of benzene rings is 1. The molecule has 5 heteroatoms. The average Bonchev–Trinajstić information content (AvgIpc) is 2.96. The van der Waals surface area contributed by atoms with E-state index in [1.807, 2.05) is 12.1 Å². The van der Waals surface area contributed by atoms with Gasteiger partial charge in [-0.2, -0.15) is 0 Å². The molecule has 92 valence electrons. The molecule has 1 aliphatic heterocycles. The van der Waals surface area contributed by atoms with Gasteiger partial charge in [0.05, 0.1) is 6.61 Å². The first-order valence-corrected chi connectivity index (χ1v) is 7.09. The van der Waals surface area contributed by atoms with Crippen molar-refractivity contribution < 1.29 is 9.68 Å². The molecule has 0 saturated carbocycles. The number of hydrogen-bond acceptors (Lipinski definition) is 3. The molecular weight excluding hydrogens is 266 g/mol. The Morgan fingerprint density at radius 1 is 1.44 bits per heavy atom. The number of aryl methyl sites for hydroxylation is 1. The van der Waals surface area contributed by atoms with Crippen LogP contribution in [0, 0.1) is 0 Å². The van der Waals surface area contributed by atoms with Crippen LogP contribution in [0.5, 0.6) is 0 Å². The van der Waals surface area contributed by atoms with Crippen LogP contribution in [-0.2, 0) is 17.7 Å². The Hall–Kier alpha value is -0.805. The number of thiophene rings is 1. The minimum atomic E-state index is -0.818. The van der Waals surface area contributed by atoms with Gasteiger partial charge in [-0.15, -0.1) is 11.3 Å². The molecule has 0 fully saturated rings. The van der Waals surface area contributed by atoms with Gasteiger partial charge in [0.25, 0.3) is 0 Å². The van der Waals surface area contributed by atoms with E-state index in [-0.39, 0.29) is 0 Å². The third-order valence-electron chi connectivity index (χ3n) is 3.17. The third-order valence-corrected chi connectivity index (χ3v) is 4.74. The topological polar surface area (TPSA) is 29.5 Å². The van der Waals surface area contributed by atoms with Gasteiger partial charge >= 0.3 is 7.12 Å². The first kappa shape index (κ1) is 12.2. The van der Waals surface area contributed by atoms with Crippen molar-refractivity contribution in [1.29, 1.82) is 0 Å². The lowest BCUT2D eigenvalue weighted by Crippen LogP contribution is -2.28. The fourth-order valence-electron chi connectivity index (χ4n) is 2.15. The van der Waals surface area contributed by atoms with Gasteiger partial charge in [0.1, 0.15) is 0 Å². The predicted molar refractivity (Wildman–Crippen MR) is 76.5 cm³/mol. The van der Waals surface area contributed by atoms with E-state index in [1.54, 1.807) is 11.3 Å². The molecule has 1 aromatic carbocycles. The Kier molecular flexibility index (Phi) is 3.20. The van der Waals surface area contributed by atoms with E-state index < -0.39 is 7.12 Å². The molecule has 0 bridgehead atoms. The number of hydrogen-bond donors (Lipinski definition) is 1. The van der Waals surface area contributed by atoms with Crippen molar-refractivity contribution in [3.05, 3.63) is 39.7 Å². The van der Waals surface area contributed by atoms with Crippen molar-refractivity contribution in [2.45, 2.75) is 20.0 Å². The average molecular weight is 279 g/mol. The summed E-state index contributed by atoms with van der Waals surface area (Å²) in [7, 11) is -0.818. The molecule has 0 aliphatic carbocycles. The van der Waals surface area contributed by atoms with Crippen molar-refractivity contribution in [2.75, 3.05) is 0 Å². The van der Waals surface area contributed by atoms with E-state index in [0.717, 1.165) is 32.9 Å². The lowest BCUT2D eigenvalue weighted by Gasteiger charge is -2.05. The third kappa shape index (κ3) is 1.99. The molecule has 1 aromatic heterocycles. The summed E-state index contributed by atoms with van der Waals surface area (Å²) in [6.45, 7) is 2.57. The molecule has 1 aliphatic rings. The molecule has 1 N–H and O–H groups in total. The van der Waals surface area contributed by atoms with E-state index in [0.29, 0.717) is 6.61 Å². The molecule has 2 aromatic rings. The van der Waals surface area contributed by atoms with Crippen LogP contribution < -0.4 is 5.46 Å². The molecule has 2 nitrogen and oxygen atoms in total. The molecule has 18 heavy (non-hydrogen) atoms. The zero-order chi connectivity index (χ0) is 12.7. The summed E-state index contributed by atoms with van der Waals surface area (Å²) in [5.41, 5.74) is 2.79. The molecule has 0 unspecified atom stereocenters. The largest absolute Gasteiger partial charge is 0.491 e. The van der Waals surface area contributed by atoms with Crippen LogP contribution >= 0.6 is 22.9 Å². The summed E-state index contributed by atoms with van der Waals surface area (Å²) in [4.78, 5) is 2.47. The Morgan fingerprint density at radius 3 is 3.00 bits per heavy atom. The van der Waals surface area contributed by atoms with Gasteiger partial charge in [-0.25, -0.2) is 0 Å². The Balaban J connectivity index is 2.09. The summed E-state index contributed by atoms with van der Waals surface area (Å²) in [5, 5.41) is 10.5. The van der Waals surface area contributed by atoms with Gasteiger partial charge in [-0.1, -0.05) is 24.6 Å². The fourth-order valence-corrected chi connectivity index (χ4v) is 3.47. The molecule has 3 rings (SSSR count). The summed E-state index contributed by atoms with van der Waals surface area (Å²) >= 11 is 8.05. The second kappa shape index (κ2) is 4.70. The van der Waals surface area contributed by atoms with Crippen molar-refractivity contribution in [3.63, 3.8) is 0 Å². The molecule has 0 radical (unpaired) electrons. The quantitative estimate of drug-likeness (QED) is 0.856. The van der Waals surface area contributed by atoms with Gasteiger partial charge in [-0.05, 0) is 35.6 Å². The Bertz CT molecular complexity index is 597. The summed E-state index contributed by atoms with van der Waals surface area (Å²) in [6.07, 6.45) is 1.03. The van der Waals surface area contributed by atoms with Gasteiger partial charge < -0.3 is 9.68 Å². The Labute approximate surface area is 115 Å². The van der Waals surface area contributed by atoms with E-state index in [9.17, 15) is 5.02 Å². The van der Waals surface area contributed by atoms with Gasteiger partial charge in [0.15, 0.2) is 0 Å². The highest BCUT2D eigenvalue weighted by molar-refractivity contribution is 7.15. The van der Waals surface area contributed by atoms with E-state index in [4.69, 9.17) is 16.3 Å². The smallest absolute Gasteiger partial charge is 0.423 e. The zero-order valence-electron chi connectivity index (χ0n) is 9.94. The zero-order valence-corrected chi connectivity index (χ0v) is 11.5. The maximum absolute atomic E-state index is 9.73. The van der Waals surface area contributed by atoms with Crippen molar-refractivity contribution in [3.8, 4) is 10.4 Å². The highest BCUT2D eigenvalue weighted by atomic mass is 35.5. The van der Waals surface area contributed by atoms with Gasteiger partial charge in [-0.3, -0.25) is 0 Å². The number of fused-ring (bicyclic) bond motifs is 1. The molecule has 0 saturated heterocycles. The highest BCUT2D eigenvalue weighted by Gasteiger charge is 2.28. The van der Waals surface area contributed by atoms with Crippen molar-refractivity contribution in [1.82, 2.24) is 0 Å². The molecule has 2 heterocycles. The van der Waals surface area contributed by atoms with Crippen LogP contribution in [0.3, 0.4) is 0 Å². The lowest BCUT2D eigenvalue weighted by atomic mass is 9.78. The minimum absolute atomic E-state index is 0.432. The van der Waals surface area contributed by atoms with Crippen LogP contribution in [0.2, 0.25) is 5.02 Å². The second-order valence-corrected chi connectivity index (χ2v) is 5.89. The summed E-state index contributed by atoms with van der Waals surface area (Å²) in [5.74, 6) is 0. The monoisotopic (exact) mass is 278 g/mol. The van der Waals surface area contributed by atoms with E-state index >= 15 is 0 Å². The maximum Gasteiger partial charge on any atom is 0.491 e. The highest BCUT2D eigenvalue weighted by Crippen LogP contribution is 2.34. The first-order chi connectivity index (χ1) is 8.69. The molecular formula is C13H12BClO2S. The van der Waals surface area contributed by atoms with Crippen LogP contribution in [0.1, 0.15) is 17.4 Å². The summed E-state index contributed by atoms with van der Waals surface area (Å²) < 4.78 is 5.20. The fraction of sp³-hybridized carbons (Fsp3) is 0.231. The van der Waals surface area contributed by atoms with Crippen LogP contribution in [0.25, 0.3) is 10.4 Å². The normalized spacial score (nSPS) is 14.1. The first-order valence-electron chi connectivity index (χ1n) is 5.90. The Morgan fingerprint density at radius 2 is 2.28 bits per heavy atom. The van der Waals surface area contributed by atoms with Crippen LogP contribution in [0.15, 0.2) is 24.3 Å². The van der Waals surface area contributed by atoms with Crippen molar-refractivity contribution >= 4 is 35.5 Å². The summed E-state index contributed by atoms with van der Waals surface area (Å²) in [6, 6.07) is 8.05. The van der Waals surface area contributed by atoms with Crippen LogP contribution in [-0.4, -0.2) is 12.1 Å². The molecule has 0 amide bonds. The lowest BCUT2D eigenvalue weighted by molar-refractivity contribution is 0.275. The number of halogens is 1. The van der Waals surface area contributed by atoms with Crippen LogP contribution in [0.4, 0.5) is 0 Å². The number of rotatable bonds is 2. The van der Waals surface area contributed by atoms with Crippen molar-refractivity contribution in [2.24, 2.45) is 0 Å². The minimum Gasteiger partial charge on any atom is -0.423 e. The molecule has 0 atom stereocenters. The molecule has 0 spiro atoms. The SMILES string of the molecule is CCc1ccc(-c2cc3c(cc2Cl)COB3O)s1. The van der Waals surface area contributed by atoms with E-state index in [2.05, 4.69) is 19.1 Å². The van der Waals surface area contributed by atoms with E-state index in [1.165, 1.54) is 4.88 Å². The van der Waals surface area contributed by atoms with Gasteiger partial charge in [0.2, 0.25) is 0 Å². The second-order valence-electron chi connectivity index (χ2n) is 4.31. The maximum atomic E-state index is 9.73. The van der Waals surface area contributed by atoms with Gasteiger partial charge in [0, 0.05) is 20.3 Å². The predicted octanol–water partition coefficient (Wildman–Crippen LogP) is 2.85.